The molecular formula is C38H43F2N5O6. The van der Waals surface area contributed by atoms with E-state index in [4.69, 9.17) is 9.47 Å². The molecule has 4 amide bonds. The first-order valence-corrected chi connectivity index (χ1v) is 17.3. The Morgan fingerprint density at radius 1 is 1.04 bits per heavy atom. The van der Waals surface area contributed by atoms with Crippen LogP contribution in [-0.2, 0) is 14.3 Å². The van der Waals surface area contributed by atoms with Crippen molar-refractivity contribution in [2.45, 2.75) is 76.9 Å². The SMILES string of the molecule is C[C@@H](NC(=O)C1C[C@H](F)CN1C(=O)CNC(=O)c1ccc2cc(F)ccc2n1)c1cc(OC2CN(C(=O)OC(C)(C)C)C2)ccc1/C=C/C1CC1. The number of nitrogens with zero attached hydrogens (tertiary/aromatic N) is 3. The first-order chi connectivity index (χ1) is 24.2. The van der Waals surface area contributed by atoms with E-state index in [1.807, 2.05) is 52.0 Å². The van der Waals surface area contributed by atoms with Crippen LogP contribution in [0, 0.1) is 11.7 Å². The predicted octanol–water partition coefficient (Wildman–Crippen LogP) is 5.34. The van der Waals surface area contributed by atoms with E-state index in [0.717, 1.165) is 28.9 Å². The number of amides is 4. The fourth-order valence-corrected chi connectivity index (χ4v) is 6.13. The molecule has 1 aromatic heterocycles. The number of nitrogens with one attached hydrogen (secondary N) is 2. The number of rotatable bonds is 10. The molecule has 270 valence electrons. The van der Waals surface area contributed by atoms with Gasteiger partial charge in [0.1, 0.15) is 41.2 Å². The molecule has 1 aliphatic carbocycles. The average molecular weight is 704 g/mol. The minimum atomic E-state index is -1.41. The lowest BCUT2D eigenvalue weighted by Gasteiger charge is -2.39. The molecule has 51 heavy (non-hydrogen) atoms. The lowest BCUT2D eigenvalue weighted by atomic mass is 9.99. The number of benzene rings is 2. The molecule has 1 saturated carbocycles. The number of carbonyl (C=O) groups excluding carboxylic acids is 4. The van der Waals surface area contributed by atoms with E-state index in [2.05, 4.69) is 21.7 Å². The fraction of sp³-hybridized carbons (Fsp3) is 0.447. The molecule has 2 N–H and O–H groups in total. The zero-order chi connectivity index (χ0) is 36.4. The maximum Gasteiger partial charge on any atom is 0.410 e. The van der Waals surface area contributed by atoms with Crippen LogP contribution >= 0.6 is 0 Å². The largest absolute Gasteiger partial charge is 0.487 e. The topological polar surface area (TPSA) is 130 Å². The van der Waals surface area contributed by atoms with Gasteiger partial charge in [-0.1, -0.05) is 24.3 Å². The van der Waals surface area contributed by atoms with Gasteiger partial charge in [-0.05, 0) is 94.0 Å². The van der Waals surface area contributed by atoms with Crippen molar-refractivity contribution in [2.24, 2.45) is 5.92 Å². The molecule has 3 atom stereocenters. The van der Waals surface area contributed by atoms with Crippen molar-refractivity contribution in [3.63, 3.8) is 0 Å². The molecule has 2 aromatic carbocycles. The van der Waals surface area contributed by atoms with Crippen molar-refractivity contribution in [3.8, 4) is 5.75 Å². The summed E-state index contributed by atoms with van der Waals surface area (Å²) in [6.07, 6.45) is 4.25. The van der Waals surface area contributed by atoms with Gasteiger partial charge in [-0.25, -0.2) is 18.6 Å². The predicted molar refractivity (Wildman–Crippen MR) is 186 cm³/mol. The Morgan fingerprint density at radius 2 is 1.80 bits per heavy atom. The van der Waals surface area contributed by atoms with Crippen molar-refractivity contribution in [1.29, 1.82) is 0 Å². The zero-order valence-electron chi connectivity index (χ0n) is 29.2. The molecule has 2 aliphatic heterocycles. The smallest absolute Gasteiger partial charge is 0.410 e. The third kappa shape index (κ3) is 9.00. The molecule has 3 heterocycles. The highest BCUT2D eigenvalue weighted by atomic mass is 19.1. The molecule has 1 unspecified atom stereocenters. The van der Waals surface area contributed by atoms with Crippen LogP contribution in [0.3, 0.4) is 0 Å². The second-order valence-corrected chi connectivity index (χ2v) is 14.5. The third-order valence-electron chi connectivity index (χ3n) is 9.01. The summed E-state index contributed by atoms with van der Waals surface area (Å²) in [6.45, 7) is 7.29. The molecule has 0 radical (unpaired) electrons. The maximum atomic E-state index is 14.7. The van der Waals surface area contributed by atoms with Crippen molar-refractivity contribution in [3.05, 3.63) is 77.2 Å². The number of halogens is 2. The van der Waals surface area contributed by atoms with E-state index < -0.39 is 60.0 Å². The van der Waals surface area contributed by atoms with E-state index in [0.29, 0.717) is 35.7 Å². The van der Waals surface area contributed by atoms with Crippen molar-refractivity contribution >= 4 is 40.8 Å². The van der Waals surface area contributed by atoms with Gasteiger partial charge in [-0.2, -0.15) is 0 Å². The quantitative estimate of drug-likeness (QED) is 0.292. The molecule has 3 fully saturated rings. The molecule has 13 heteroatoms. The van der Waals surface area contributed by atoms with Gasteiger partial charge in [0.25, 0.3) is 5.91 Å². The Morgan fingerprint density at radius 3 is 2.53 bits per heavy atom. The second kappa shape index (κ2) is 14.7. The van der Waals surface area contributed by atoms with Gasteiger partial charge in [0.2, 0.25) is 11.8 Å². The van der Waals surface area contributed by atoms with Crippen LogP contribution < -0.4 is 15.4 Å². The van der Waals surface area contributed by atoms with Crippen LogP contribution in [0.15, 0.2) is 54.6 Å². The summed E-state index contributed by atoms with van der Waals surface area (Å²) in [5.41, 5.74) is 1.53. The Labute approximate surface area is 295 Å². The van der Waals surface area contributed by atoms with E-state index in [1.54, 1.807) is 11.0 Å². The highest BCUT2D eigenvalue weighted by Crippen LogP contribution is 2.33. The summed E-state index contributed by atoms with van der Waals surface area (Å²) in [6, 6.07) is 11.0. The monoisotopic (exact) mass is 703 g/mol. The Balaban J connectivity index is 1.08. The summed E-state index contributed by atoms with van der Waals surface area (Å²) >= 11 is 0. The van der Waals surface area contributed by atoms with Gasteiger partial charge in [-0.15, -0.1) is 0 Å². The van der Waals surface area contributed by atoms with Gasteiger partial charge in [0.15, 0.2) is 0 Å². The molecule has 6 rings (SSSR count). The standard InChI is InChI=1S/C38H43F2N5O6/c1-22(30-17-28(12-9-24(30)8-7-23-5-6-23)50-29-20-44(21-29)37(49)51-38(2,3)4)42-36(48)33-16-27(40)19-45(33)34(46)18-41-35(47)32-13-10-25-15-26(39)11-14-31(25)43-32/h7-15,17,22-23,27,29,33H,5-6,16,18-21H2,1-4H3,(H,41,47)(H,42,48)/b8-7+/t22-,27+,33?/m1/s1. The molecule has 2 saturated heterocycles. The summed E-state index contributed by atoms with van der Waals surface area (Å²) < 4.78 is 39.8. The summed E-state index contributed by atoms with van der Waals surface area (Å²) in [4.78, 5) is 58.9. The van der Waals surface area contributed by atoms with E-state index >= 15 is 0 Å². The highest BCUT2D eigenvalue weighted by molar-refractivity contribution is 5.97. The van der Waals surface area contributed by atoms with Crippen molar-refractivity contribution in [1.82, 2.24) is 25.4 Å². The number of aromatic nitrogens is 1. The number of carbonyl (C=O) groups is 4. The Hall–Kier alpha value is -5.07. The van der Waals surface area contributed by atoms with Crippen LogP contribution in [0.1, 0.15) is 74.6 Å². The van der Waals surface area contributed by atoms with E-state index in [9.17, 15) is 28.0 Å². The minimum Gasteiger partial charge on any atom is -0.487 e. The number of pyridine rings is 1. The summed E-state index contributed by atoms with van der Waals surface area (Å²) in [7, 11) is 0. The number of alkyl halides is 1. The first kappa shape index (κ1) is 35.7. The molecule has 0 bridgehead atoms. The van der Waals surface area contributed by atoms with Gasteiger partial charge >= 0.3 is 6.09 Å². The molecule has 3 aromatic rings. The molecular weight excluding hydrogens is 660 g/mol. The number of hydrogen-bond donors (Lipinski definition) is 2. The van der Waals surface area contributed by atoms with Crippen LogP contribution in [0.5, 0.6) is 5.75 Å². The van der Waals surface area contributed by atoms with Gasteiger partial charge in [-0.3, -0.25) is 14.4 Å². The normalized spacial score (nSPS) is 19.9. The fourth-order valence-electron chi connectivity index (χ4n) is 6.13. The first-order valence-electron chi connectivity index (χ1n) is 17.3. The van der Waals surface area contributed by atoms with Crippen LogP contribution in [0.2, 0.25) is 0 Å². The Kier molecular flexibility index (Phi) is 10.3. The van der Waals surface area contributed by atoms with Crippen LogP contribution in [-0.4, -0.2) is 88.7 Å². The van der Waals surface area contributed by atoms with E-state index in [-0.39, 0.29) is 24.8 Å². The Bertz CT molecular complexity index is 1850. The number of hydrogen-bond acceptors (Lipinski definition) is 7. The molecule has 3 aliphatic rings. The van der Waals surface area contributed by atoms with Gasteiger partial charge in [0.05, 0.1) is 37.7 Å². The number of ether oxygens (including phenoxy) is 2. The maximum absolute atomic E-state index is 14.7. The summed E-state index contributed by atoms with van der Waals surface area (Å²) in [5.74, 6) is -1.08. The number of likely N-dealkylation sites (tertiary alicyclic amines) is 2. The van der Waals surface area contributed by atoms with Crippen LogP contribution in [0.25, 0.3) is 17.0 Å². The van der Waals surface area contributed by atoms with Crippen molar-refractivity contribution in [2.75, 3.05) is 26.2 Å². The third-order valence-corrected chi connectivity index (χ3v) is 9.01. The molecule has 0 spiro atoms. The van der Waals surface area contributed by atoms with Crippen LogP contribution in [0.4, 0.5) is 13.6 Å². The number of fused-ring (bicyclic) bond motifs is 1. The number of allylic oxidation sites excluding steroid dienone is 1. The summed E-state index contributed by atoms with van der Waals surface area (Å²) in [5, 5.41) is 6.00. The second-order valence-electron chi connectivity index (χ2n) is 14.5. The van der Waals surface area contributed by atoms with Gasteiger partial charge < -0.3 is 29.9 Å². The van der Waals surface area contributed by atoms with E-state index in [1.165, 1.54) is 24.3 Å². The van der Waals surface area contributed by atoms with Crippen molar-refractivity contribution < 1.29 is 37.4 Å². The minimum absolute atomic E-state index is 0.0326. The highest BCUT2D eigenvalue weighted by Gasteiger charge is 2.40. The molecule has 11 nitrogen and oxygen atoms in total. The average Bonchev–Trinajstić information content (AvgIpc) is 3.81. The lowest BCUT2D eigenvalue weighted by molar-refractivity contribution is -0.138. The zero-order valence-corrected chi connectivity index (χ0v) is 29.2. The lowest BCUT2D eigenvalue weighted by Crippen LogP contribution is -2.57. The van der Waals surface area contributed by atoms with Gasteiger partial charge in [0, 0.05) is 11.8 Å².